The second-order valence-corrected chi connectivity index (χ2v) is 5.72. The van der Waals surface area contributed by atoms with E-state index in [1.54, 1.807) is 24.4 Å². The molecule has 1 aromatic heterocycles. The van der Waals surface area contributed by atoms with Crippen LogP contribution in [0.15, 0.2) is 47.5 Å². The number of anilines is 2. The van der Waals surface area contributed by atoms with Gasteiger partial charge >= 0.3 is 5.97 Å². The van der Waals surface area contributed by atoms with Crippen molar-refractivity contribution in [2.45, 2.75) is 4.90 Å². The second-order valence-electron chi connectivity index (χ2n) is 4.80. The molecule has 0 saturated heterocycles. The lowest BCUT2D eigenvalue weighted by Gasteiger charge is -2.14. The van der Waals surface area contributed by atoms with E-state index >= 15 is 0 Å². The molecule has 1 heterocycles. The van der Waals surface area contributed by atoms with Crippen LogP contribution in [0, 0.1) is 5.82 Å². The third-order valence-corrected chi connectivity index (χ3v) is 3.86. The molecule has 0 amide bonds. The van der Waals surface area contributed by atoms with Gasteiger partial charge in [0.15, 0.2) is 0 Å². The minimum Gasteiger partial charge on any atom is -0.478 e. The lowest BCUT2D eigenvalue weighted by molar-refractivity contribution is 0.0697. The van der Waals surface area contributed by atoms with E-state index in [9.17, 15) is 14.3 Å². The van der Waals surface area contributed by atoms with Crippen molar-refractivity contribution in [1.29, 1.82) is 0 Å². The summed E-state index contributed by atoms with van der Waals surface area (Å²) in [5.74, 6) is -1.86. The first-order chi connectivity index (χ1) is 11.0. The molecule has 2 N–H and O–H groups in total. The van der Waals surface area contributed by atoms with E-state index in [0.717, 1.165) is 6.07 Å². The van der Waals surface area contributed by atoms with Crippen LogP contribution in [0.4, 0.5) is 15.8 Å². The van der Waals surface area contributed by atoms with E-state index in [1.165, 1.54) is 12.1 Å². The summed E-state index contributed by atoms with van der Waals surface area (Å²) in [6.45, 7) is 0. The van der Waals surface area contributed by atoms with E-state index in [-0.39, 0.29) is 11.3 Å². The molecule has 0 saturated carbocycles. The maximum absolute atomic E-state index is 13.3. The molecule has 0 bridgehead atoms. The van der Waals surface area contributed by atoms with Crippen molar-refractivity contribution in [2.75, 3.05) is 5.32 Å². The number of fused-ring (bicyclic) bond motifs is 1. The molecule has 0 spiro atoms. The van der Waals surface area contributed by atoms with Crippen molar-refractivity contribution in [1.82, 2.24) is 4.98 Å². The summed E-state index contributed by atoms with van der Waals surface area (Å²) in [7, 11) is 0. The standard InChI is InChI=1S/C16H10ClFN2O2S/c17-8-1-3-12-10(5-8)15(14(23)7-19-12)20-13-4-2-9(18)6-11(13)16(21)22/h1-7,23H,(H,19,20)(H,21,22). The van der Waals surface area contributed by atoms with Crippen LogP contribution in [0.3, 0.4) is 0 Å². The van der Waals surface area contributed by atoms with Gasteiger partial charge in [0.25, 0.3) is 0 Å². The molecule has 0 atom stereocenters. The number of pyridine rings is 1. The fourth-order valence-electron chi connectivity index (χ4n) is 2.22. The first-order valence-electron chi connectivity index (χ1n) is 6.53. The molecule has 0 unspecified atom stereocenters. The number of thiol groups is 1. The minimum absolute atomic E-state index is 0.176. The van der Waals surface area contributed by atoms with Crippen molar-refractivity contribution >= 4 is 52.5 Å². The Kier molecular flexibility index (Phi) is 4.11. The molecule has 4 nitrogen and oxygen atoms in total. The molecule has 23 heavy (non-hydrogen) atoms. The predicted molar refractivity (Wildman–Crippen MR) is 90.6 cm³/mol. The van der Waals surface area contributed by atoms with Gasteiger partial charge in [0.2, 0.25) is 0 Å². The van der Waals surface area contributed by atoms with Crippen LogP contribution in [0.2, 0.25) is 5.02 Å². The van der Waals surface area contributed by atoms with Crippen molar-refractivity contribution in [3.8, 4) is 0 Å². The number of aromatic carboxylic acids is 1. The van der Waals surface area contributed by atoms with Crippen molar-refractivity contribution < 1.29 is 14.3 Å². The highest BCUT2D eigenvalue weighted by molar-refractivity contribution is 7.80. The number of rotatable bonds is 3. The molecule has 0 radical (unpaired) electrons. The SMILES string of the molecule is O=C(O)c1cc(F)ccc1Nc1c(S)cnc2ccc(Cl)cc12. The van der Waals surface area contributed by atoms with Crippen LogP contribution in [0.5, 0.6) is 0 Å². The second kappa shape index (κ2) is 6.06. The molecule has 2 aromatic carbocycles. The summed E-state index contributed by atoms with van der Waals surface area (Å²) in [5, 5.41) is 13.4. The number of carboxylic acids is 1. The Balaban J connectivity index is 2.17. The molecular formula is C16H10ClFN2O2S. The van der Waals surface area contributed by atoms with E-state index in [0.29, 0.717) is 26.5 Å². The molecule has 0 aliphatic heterocycles. The number of nitrogens with zero attached hydrogens (tertiary/aromatic N) is 1. The fraction of sp³-hybridized carbons (Fsp3) is 0. The number of hydrogen-bond acceptors (Lipinski definition) is 4. The highest BCUT2D eigenvalue weighted by Crippen LogP contribution is 2.33. The van der Waals surface area contributed by atoms with Gasteiger partial charge in [-0.05, 0) is 36.4 Å². The van der Waals surface area contributed by atoms with E-state index in [1.807, 2.05) is 0 Å². The maximum Gasteiger partial charge on any atom is 0.337 e. The van der Waals surface area contributed by atoms with Crippen molar-refractivity contribution in [2.24, 2.45) is 0 Å². The van der Waals surface area contributed by atoms with Gasteiger partial charge in [-0.3, -0.25) is 4.98 Å². The molecule has 0 fully saturated rings. The number of hydrogen-bond donors (Lipinski definition) is 3. The molecular weight excluding hydrogens is 339 g/mol. The highest BCUT2D eigenvalue weighted by Gasteiger charge is 2.14. The number of nitrogens with one attached hydrogen (secondary N) is 1. The summed E-state index contributed by atoms with van der Waals surface area (Å²) in [6.07, 6.45) is 1.55. The number of halogens is 2. The first kappa shape index (κ1) is 15.6. The normalized spacial score (nSPS) is 10.7. The molecule has 7 heteroatoms. The van der Waals surface area contributed by atoms with Gasteiger partial charge in [-0.25, -0.2) is 9.18 Å². The Morgan fingerprint density at radius 2 is 2.04 bits per heavy atom. The topological polar surface area (TPSA) is 62.2 Å². The van der Waals surface area contributed by atoms with Gasteiger partial charge in [-0.2, -0.15) is 0 Å². The van der Waals surface area contributed by atoms with Gasteiger partial charge in [0.05, 0.1) is 22.5 Å². The smallest absolute Gasteiger partial charge is 0.337 e. The van der Waals surface area contributed by atoms with Gasteiger partial charge in [0, 0.05) is 21.5 Å². The van der Waals surface area contributed by atoms with Crippen LogP contribution in [-0.4, -0.2) is 16.1 Å². The third kappa shape index (κ3) is 3.09. The van der Waals surface area contributed by atoms with Crippen LogP contribution < -0.4 is 5.32 Å². The third-order valence-electron chi connectivity index (χ3n) is 3.28. The van der Waals surface area contributed by atoms with E-state index in [2.05, 4.69) is 22.9 Å². The predicted octanol–water partition coefficient (Wildman–Crippen LogP) is 4.76. The Bertz CT molecular complexity index is 928. The summed E-state index contributed by atoms with van der Waals surface area (Å²) in [5.41, 5.74) is 1.30. The fourth-order valence-corrected chi connectivity index (χ4v) is 2.63. The van der Waals surface area contributed by atoms with Crippen LogP contribution in [0.25, 0.3) is 10.9 Å². The molecule has 116 valence electrons. The zero-order chi connectivity index (χ0) is 16.6. The van der Waals surface area contributed by atoms with E-state index in [4.69, 9.17) is 11.6 Å². The summed E-state index contributed by atoms with van der Waals surface area (Å²) >= 11 is 10.4. The quantitative estimate of drug-likeness (QED) is 0.597. The van der Waals surface area contributed by atoms with Crippen molar-refractivity contribution in [3.63, 3.8) is 0 Å². The minimum atomic E-state index is -1.23. The average molecular weight is 349 g/mol. The summed E-state index contributed by atoms with van der Waals surface area (Å²) in [4.78, 5) is 16.1. The summed E-state index contributed by atoms with van der Waals surface area (Å²) < 4.78 is 13.3. The lowest BCUT2D eigenvalue weighted by Crippen LogP contribution is -2.04. The van der Waals surface area contributed by atoms with Gasteiger partial charge in [-0.15, -0.1) is 12.6 Å². The van der Waals surface area contributed by atoms with Crippen LogP contribution >= 0.6 is 24.2 Å². The van der Waals surface area contributed by atoms with Gasteiger partial charge in [-0.1, -0.05) is 11.6 Å². The zero-order valence-electron chi connectivity index (χ0n) is 11.5. The largest absolute Gasteiger partial charge is 0.478 e. The Hall–Kier alpha value is -2.31. The maximum atomic E-state index is 13.3. The first-order valence-corrected chi connectivity index (χ1v) is 7.35. The molecule has 3 aromatic rings. The zero-order valence-corrected chi connectivity index (χ0v) is 13.2. The van der Waals surface area contributed by atoms with Crippen LogP contribution in [0.1, 0.15) is 10.4 Å². The molecule has 0 aliphatic carbocycles. The summed E-state index contributed by atoms with van der Waals surface area (Å²) in [6, 6.07) is 8.67. The van der Waals surface area contributed by atoms with Crippen LogP contribution in [-0.2, 0) is 0 Å². The highest BCUT2D eigenvalue weighted by atomic mass is 35.5. The number of aromatic nitrogens is 1. The number of benzene rings is 2. The Morgan fingerprint density at radius 1 is 1.26 bits per heavy atom. The Labute approximate surface area is 141 Å². The average Bonchev–Trinajstić information content (AvgIpc) is 2.51. The van der Waals surface area contributed by atoms with Crippen molar-refractivity contribution in [3.05, 3.63) is 59.0 Å². The van der Waals surface area contributed by atoms with Gasteiger partial charge < -0.3 is 10.4 Å². The van der Waals surface area contributed by atoms with Gasteiger partial charge in [0.1, 0.15) is 5.82 Å². The lowest BCUT2D eigenvalue weighted by atomic mass is 10.1. The Morgan fingerprint density at radius 3 is 2.78 bits per heavy atom. The molecule has 3 rings (SSSR count). The van der Waals surface area contributed by atoms with E-state index < -0.39 is 11.8 Å². The number of carbonyl (C=O) groups is 1. The monoisotopic (exact) mass is 348 g/mol. The molecule has 0 aliphatic rings. The number of carboxylic acid groups (broad SMARTS) is 1.